The number of halogens is 1. The van der Waals surface area contributed by atoms with E-state index in [0.29, 0.717) is 12.1 Å². The van der Waals surface area contributed by atoms with Gasteiger partial charge in [0.15, 0.2) is 0 Å². The Morgan fingerprint density at radius 1 is 1.20 bits per heavy atom. The zero-order chi connectivity index (χ0) is 14.5. The minimum Gasteiger partial charge on any atom is -0.384 e. The molecule has 4 heteroatoms. The second-order valence-corrected chi connectivity index (χ2v) is 4.60. The molecule has 2 aromatic carbocycles. The van der Waals surface area contributed by atoms with Gasteiger partial charge in [-0.1, -0.05) is 30.3 Å². The summed E-state index contributed by atoms with van der Waals surface area (Å²) in [6.07, 6.45) is 0. The Morgan fingerprint density at radius 3 is 2.45 bits per heavy atom. The predicted molar refractivity (Wildman–Crippen MR) is 80.6 cm³/mol. The van der Waals surface area contributed by atoms with Crippen LogP contribution in [0.2, 0.25) is 0 Å². The maximum absolute atomic E-state index is 13.3. The van der Waals surface area contributed by atoms with Gasteiger partial charge in [-0.15, -0.1) is 0 Å². The number of hydrogen-bond donors (Lipinski definition) is 2. The molecule has 3 N–H and O–H groups in total. The average Bonchev–Trinajstić information content (AvgIpc) is 2.45. The molecule has 2 aromatic rings. The Balaban J connectivity index is 2.16. The summed E-state index contributed by atoms with van der Waals surface area (Å²) in [5.41, 5.74) is 8.10. The third kappa shape index (κ3) is 3.35. The Morgan fingerprint density at radius 2 is 1.90 bits per heavy atom. The number of anilines is 1. The summed E-state index contributed by atoms with van der Waals surface area (Å²) in [5, 5.41) is 7.37. The van der Waals surface area contributed by atoms with Crippen molar-refractivity contribution in [2.75, 3.05) is 11.4 Å². The Labute approximate surface area is 118 Å². The van der Waals surface area contributed by atoms with Crippen molar-refractivity contribution in [3.8, 4) is 0 Å². The summed E-state index contributed by atoms with van der Waals surface area (Å²) in [5.74, 6) is -0.165. The average molecular weight is 271 g/mol. The molecule has 0 aromatic heterocycles. The van der Waals surface area contributed by atoms with Crippen LogP contribution < -0.4 is 10.6 Å². The zero-order valence-electron chi connectivity index (χ0n) is 11.4. The molecule has 0 spiro atoms. The zero-order valence-corrected chi connectivity index (χ0v) is 11.4. The Bertz CT molecular complexity index is 593. The summed E-state index contributed by atoms with van der Waals surface area (Å²) < 4.78 is 13.3. The number of hydrogen-bond acceptors (Lipinski definition) is 2. The first-order valence-electron chi connectivity index (χ1n) is 6.54. The van der Waals surface area contributed by atoms with Gasteiger partial charge in [0.1, 0.15) is 11.7 Å². The topological polar surface area (TPSA) is 53.1 Å². The van der Waals surface area contributed by atoms with Crippen molar-refractivity contribution < 1.29 is 4.39 Å². The van der Waals surface area contributed by atoms with E-state index in [-0.39, 0.29) is 11.7 Å². The molecule has 0 atom stereocenters. The lowest BCUT2D eigenvalue weighted by atomic mass is 10.1. The maximum Gasteiger partial charge on any atom is 0.125 e. The van der Waals surface area contributed by atoms with Gasteiger partial charge in [-0.2, -0.15) is 0 Å². The summed E-state index contributed by atoms with van der Waals surface area (Å²) in [7, 11) is 0. The molecule has 0 saturated heterocycles. The van der Waals surface area contributed by atoms with Crippen molar-refractivity contribution in [2.45, 2.75) is 13.5 Å². The van der Waals surface area contributed by atoms with E-state index in [4.69, 9.17) is 11.1 Å². The normalized spacial score (nSPS) is 10.3. The van der Waals surface area contributed by atoms with Crippen LogP contribution in [0.5, 0.6) is 0 Å². The van der Waals surface area contributed by atoms with E-state index >= 15 is 0 Å². The van der Waals surface area contributed by atoms with Gasteiger partial charge in [0.2, 0.25) is 0 Å². The third-order valence-electron chi connectivity index (χ3n) is 3.19. The molecule has 0 aliphatic carbocycles. The van der Waals surface area contributed by atoms with Crippen molar-refractivity contribution in [3.63, 3.8) is 0 Å². The van der Waals surface area contributed by atoms with E-state index in [1.54, 1.807) is 6.07 Å². The highest BCUT2D eigenvalue weighted by Gasteiger charge is 2.06. The molecular weight excluding hydrogens is 253 g/mol. The molecule has 104 valence electrons. The molecule has 0 radical (unpaired) electrons. The van der Waals surface area contributed by atoms with Gasteiger partial charge < -0.3 is 10.6 Å². The first-order valence-corrected chi connectivity index (χ1v) is 6.54. The first kappa shape index (κ1) is 14.1. The minimum absolute atomic E-state index is 0.0639. The second kappa shape index (κ2) is 6.19. The van der Waals surface area contributed by atoms with Crippen LogP contribution in [0, 0.1) is 11.2 Å². The standard InChI is InChI=1S/C16H18FN3/c1-2-20(15-5-3-4-14(17)10-15)11-12-6-8-13(9-7-12)16(18)19/h3-10H,2,11H2,1H3,(H3,18,19). The highest BCUT2D eigenvalue weighted by Crippen LogP contribution is 2.18. The van der Waals surface area contributed by atoms with Crippen LogP contribution >= 0.6 is 0 Å². The molecule has 20 heavy (non-hydrogen) atoms. The molecular formula is C16H18FN3. The Hall–Kier alpha value is -2.36. The number of nitrogens with zero attached hydrogens (tertiary/aromatic N) is 1. The van der Waals surface area contributed by atoms with Gasteiger partial charge >= 0.3 is 0 Å². The molecule has 0 fully saturated rings. The molecule has 0 aliphatic heterocycles. The Kier molecular flexibility index (Phi) is 4.35. The van der Waals surface area contributed by atoms with Crippen LogP contribution in [0.1, 0.15) is 18.1 Å². The van der Waals surface area contributed by atoms with Crippen LogP contribution in [0.15, 0.2) is 48.5 Å². The fourth-order valence-electron chi connectivity index (χ4n) is 2.07. The lowest BCUT2D eigenvalue weighted by molar-refractivity contribution is 0.626. The summed E-state index contributed by atoms with van der Waals surface area (Å²) in [4.78, 5) is 2.09. The number of nitrogen functional groups attached to an aromatic ring is 1. The molecule has 3 nitrogen and oxygen atoms in total. The predicted octanol–water partition coefficient (Wildman–Crippen LogP) is 3.14. The molecule has 0 aliphatic rings. The maximum atomic E-state index is 13.3. The summed E-state index contributed by atoms with van der Waals surface area (Å²) in [6, 6.07) is 14.1. The van der Waals surface area contributed by atoms with Gasteiger partial charge in [0.25, 0.3) is 0 Å². The van der Waals surface area contributed by atoms with Crippen molar-refractivity contribution >= 4 is 11.5 Å². The second-order valence-electron chi connectivity index (χ2n) is 4.60. The van der Waals surface area contributed by atoms with Crippen LogP contribution in [-0.2, 0) is 6.54 Å². The van der Waals surface area contributed by atoms with Gasteiger partial charge in [-0.05, 0) is 30.7 Å². The van der Waals surface area contributed by atoms with Crippen LogP contribution in [0.4, 0.5) is 10.1 Å². The SMILES string of the molecule is CCN(Cc1ccc(C(=N)N)cc1)c1cccc(F)c1. The van der Waals surface area contributed by atoms with E-state index in [0.717, 1.165) is 17.8 Å². The lowest BCUT2D eigenvalue weighted by Crippen LogP contribution is -2.22. The van der Waals surface area contributed by atoms with Gasteiger partial charge in [-0.3, -0.25) is 5.41 Å². The molecule has 0 unspecified atom stereocenters. The van der Waals surface area contributed by atoms with Crippen molar-refractivity contribution in [1.82, 2.24) is 0 Å². The number of benzene rings is 2. The molecule has 0 amide bonds. The smallest absolute Gasteiger partial charge is 0.125 e. The van der Waals surface area contributed by atoms with Crippen molar-refractivity contribution in [2.24, 2.45) is 5.73 Å². The van der Waals surface area contributed by atoms with E-state index in [1.165, 1.54) is 12.1 Å². The van der Waals surface area contributed by atoms with Crippen molar-refractivity contribution in [3.05, 3.63) is 65.5 Å². The fraction of sp³-hybridized carbons (Fsp3) is 0.188. The highest BCUT2D eigenvalue weighted by molar-refractivity contribution is 5.94. The summed E-state index contributed by atoms with van der Waals surface area (Å²) >= 11 is 0. The van der Waals surface area contributed by atoms with Gasteiger partial charge in [0.05, 0.1) is 0 Å². The largest absolute Gasteiger partial charge is 0.384 e. The van der Waals surface area contributed by atoms with E-state index in [1.807, 2.05) is 37.3 Å². The van der Waals surface area contributed by atoms with Gasteiger partial charge in [-0.25, -0.2) is 4.39 Å². The fourth-order valence-corrected chi connectivity index (χ4v) is 2.07. The molecule has 0 bridgehead atoms. The van der Waals surface area contributed by atoms with Crippen LogP contribution in [0.3, 0.4) is 0 Å². The highest BCUT2D eigenvalue weighted by atomic mass is 19.1. The van der Waals surface area contributed by atoms with Crippen LogP contribution in [0.25, 0.3) is 0 Å². The molecule has 0 heterocycles. The van der Waals surface area contributed by atoms with E-state index in [2.05, 4.69) is 4.90 Å². The van der Waals surface area contributed by atoms with Crippen molar-refractivity contribution in [1.29, 1.82) is 5.41 Å². The number of nitrogens with one attached hydrogen (secondary N) is 1. The number of rotatable bonds is 5. The molecule has 0 saturated carbocycles. The lowest BCUT2D eigenvalue weighted by Gasteiger charge is -2.23. The number of amidine groups is 1. The monoisotopic (exact) mass is 271 g/mol. The van der Waals surface area contributed by atoms with E-state index < -0.39 is 0 Å². The minimum atomic E-state index is -0.229. The quantitative estimate of drug-likeness (QED) is 0.648. The van der Waals surface area contributed by atoms with Gasteiger partial charge in [0, 0.05) is 24.3 Å². The first-order chi connectivity index (χ1) is 9.60. The van der Waals surface area contributed by atoms with Crippen LogP contribution in [-0.4, -0.2) is 12.4 Å². The summed E-state index contributed by atoms with van der Waals surface area (Å²) in [6.45, 7) is 3.52. The van der Waals surface area contributed by atoms with E-state index in [9.17, 15) is 4.39 Å². The third-order valence-corrected chi connectivity index (χ3v) is 3.19. The number of nitrogens with two attached hydrogens (primary N) is 1. The molecule has 2 rings (SSSR count).